The van der Waals surface area contributed by atoms with Crippen molar-refractivity contribution >= 4 is 0 Å². The Morgan fingerprint density at radius 3 is 2.12 bits per heavy atom. The van der Waals surface area contributed by atoms with Gasteiger partial charge in [0.05, 0.1) is 6.04 Å². The van der Waals surface area contributed by atoms with E-state index in [1.807, 2.05) is 0 Å². The predicted molar refractivity (Wildman–Crippen MR) is 65.1 cm³/mol. The third-order valence-electron chi connectivity index (χ3n) is 3.27. The van der Waals surface area contributed by atoms with Crippen molar-refractivity contribution in [3.8, 4) is 0 Å². The zero-order chi connectivity index (χ0) is 12.8. The second kappa shape index (κ2) is 6.67. The van der Waals surface area contributed by atoms with E-state index in [0.29, 0.717) is 12.3 Å². The van der Waals surface area contributed by atoms with Crippen molar-refractivity contribution in [2.75, 3.05) is 0 Å². The monoisotopic (exact) mass is 242 g/mol. The molecule has 0 aliphatic carbocycles. The van der Waals surface area contributed by atoms with Crippen molar-refractivity contribution in [1.29, 1.82) is 0 Å². The van der Waals surface area contributed by atoms with Crippen LogP contribution in [0, 0.1) is 17.6 Å². The fraction of sp³-hybridized carbons (Fsp3) is 0.538. The van der Waals surface area contributed by atoms with Gasteiger partial charge in [0.25, 0.3) is 0 Å². The van der Waals surface area contributed by atoms with Crippen LogP contribution in [-0.4, -0.2) is 0 Å². The smallest absolute Gasteiger partial charge is 0.130 e. The number of nitrogens with one attached hydrogen (secondary N) is 1. The Balaban J connectivity index is 2.93. The Hall–Kier alpha value is -1.00. The molecule has 0 saturated heterocycles. The lowest BCUT2D eigenvalue weighted by Gasteiger charge is -2.22. The number of hydrogen-bond donors (Lipinski definition) is 2. The highest BCUT2D eigenvalue weighted by Gasteiger charge is 2.21. The topological polar surface area (TPSA) is 38.0 Å². The summed E-state index contributed by atoms with van der Waals surface area (Å²) in [5, 5.41) is 0. The summed E-state index contributed by atoms with van der Waals surface area (Å²) in [5.41, 5.74) is 2.56. The lowest BCUT2D eigenvalue weighted by Crippen LogP contribution is -2.31. The maximum Gasteiger partial charge on any atom is 0.130 e. The molecule has 0 bridgehead atoms. The third-order valence-corrected chi connectivity index (χ3v) is 3.27. The number of hydrazine groups is 1. The number of rotatable bonds is 6. The molecule has 96 valence electrons. The summed E-state index contributed by atoms with van der Waals surface area (Å²) in [6, 6.07) is 3.41. The van der Waals surface area contributed by atoms with Crippen LogP contribution in [0.25, 0.3) is 0 Å². The minimum absolute atomic E-state index is 0.0434. The van der Waals surface area contributed by atoms with Crippen LogP contribution in [0.1, 0.15) is 44.7 Å². The third kappa shape index (κ3) is 3.48. The maximum absolute atomic E-state index is 13.6. The van der Waals surface area contributed by atoms with Gasteiger partial charge in [-0.25, -0.2) is 8.78 Å². The highest BCUT2D eigenvalue weighted by Crippen LogP contribution is 2.28. The van der Waals surface area contributed by atoms with Crippen LogP contribution in [0.5, 0.6) is 0 Å². The van der Waals surface area contributed by atoms with E-state index in [1.54, 1.807) is 0 Å². The van der Waals surface area contributed by atoms with E-state index >= 15 is 0 Å². The summed E-state index contributed by atoms with van der Waals surface area (Å²) in [5.74, 6) is 4.74. The van der Waals surface area contributed by atoms with Crippen LogP contribution in [0.4, 0.5) is 8.78 Å². The molecule has 0 heterocycles. The normalized spacial score (nSPS) is 13.1. The van der Waals surface area contributed by atoms with Crippen LogP contribution >= 0.6 is 0 Å². The second-order valence-electron chi connectivity index (χ2n) is 4.27. The second-order valence-corrected chi connectivity index (χ2v) is 4.27. The molecule has 0 aliphatic rings. The first-order valence-electron chi connectivity index (χ1n) is 6.04. The summed E-state index contributed by atoms with van der Waals surface area (Å²) in [6.07, 6.45) is 2.59. The lowest BCUT2D eigenvalue weighted by atomic mass is 9.91. The molecule has 0 aromatic heterocycles. The molecular weight excluding hydrogens is 222 g/mol. The Labute approximate surface area is 101 Å². The van der Waals surface area contributed by atoms with Crippen LogP contribution in [0.15, 0.2) is 18.2 Å². The minimum Gasteiger partial charge on any atom is -0.271 e. The van der Waals surface area contributed by atoms with Gasteiger partial charge >= 0.3 is 0 Å². The minimum atomic E-state index is -0.543. The van der Waals surface area contributed by atoms with Crippen molar-refractivity contribution < 1.29 is 8.78 Å². The molecule has 1 rings (SSSR count). The Morgan fingerprint density at radius 1 is 1.18 bits per heavy atom. The molecule has 1 aromatic carbocycles. The van der Waals surface area contributed by atoms with E-state index in [4.69, 9.17) is 5.84 Å². The predicted octanol–water partition coefficient (Wildman–Crippen LogP) is 3.30. The van der Waals surface area contributed by atoms with Gasteiger partial charge in [0.2, 0.25) is 0 Å². The molecular formula is C13H20F2N2. The van der Waals surface area contributed by atoms with E-state index in [1.165, 1.54) is 18.2 Å². The molecule has 0 radical (unpaired) electrons. The van der Waals surface area contributed by atoms with Crippen LogP contribution in [-0.2, 0) is 0 Å². The summed E-state index contributed by atoms with van der Waals surface area (Å²) in [4.78, 5) is 0. The highest BCUT2D eigenvalue weighted by molar-refractivity contribution is 5.23. The molecule has 1 unspecified atom stereocenters. The molecule has 1 aromatic rings. The summed E-state index contributed by atoms with van der Waals surface area (Å²) in [6.45, 7) is 4.14. The van der Waals surface area contributed by atoms with Crippen LogP contribution in [0.2, 0.25) is 0 Å². The van der Waals surface area contributed by atoms with Crippen molar-refractivity contribution in [3.05, 3.63) is 35.4 Å². The van der Waals surface area contributed by atoms with Crippen LogP contribution in [0.3, 0.4) is 0 Å². The number of hydrogen-bond acceptors (Lipinski definition) is 2. The van der Waals surface area contributed by atoms with Crippen molar-refractivity contribution in [3.63, 3.8) is 0 Å². The standard InChI is InChI=1S/C13H20F2N2/c1-3-9(4-2)8-12(17-16)13-10(14)6-5-7-11(13)15/h5-7,9,12,17H,3-4,8,16H2,1-2H3. The summed E-state index contributed by atoms with van der Waals surface area (Å²) in [7, 11) is 0. The first-order chi connectivity index (χ1) is 8.13. The first kappa shape index (κ1) is 14.1. The SMILES string of the molecule is CCC(CC)CC(NN)c1c(F)cccc1F. The van der Waals surface area contributed by atoms with E-state index in [2.05, 4.69) is 19.3 Å². The van der Waals surface area contributed by atoms with Gasteiger partial charge in [0.15, 0.2) is 0 Å². The van der Waals surface area contributed by atoms with Crippen molar-refractivity contribution in [2.24, 2.45) is 11.8 Å². The van der Waals surface area contributed by atoms with E-state index in [9.17, 15) is 8.78 Å². The molecule has 0 fully saturated rings. The largest absolute Gasteiger partial charge is 0.271 e. The van der Waals surface area contributed by atoms with Gasteiger partial charge in [0.1, 0.15) is 11.6 Å². The van der Waals surface area contributed by atoms with Gasteiger partial charge in [-0.05, 0) is 24.5 Å². The van der Waals surface area contributed by atoms with Gasteiger partial charge in [0, 0.05) is 5.56 Å². The molecule has 4 heteroatoms. The highest BCUT2D eigenvalue weighted by atomic mass is 19.1. The van der Waals surface area contributed by atoms with E-state index in [-0.39, 0.29) is 5.56 Å². The summed E-state index contributed by atoms with van der Waals surface area (Å²) >= 11 is 0. The number of halogens is 2. The van der Waals surface area contributed by atoms with Gasteiger partial charge in [-0.15, -0.1) is 0 Å². The molecule has 17 heavy (non-hydrogen) atoms. The van der Waals surface area contributed by atoms with Crippen molar-refractivity contribution in [1.82, 2.24) is 5.43 Å². The lowest BCUT2D eigenvalue weighted by molar-refractivity contribution is 0.358. The molecule has 3 N–H and O–H groups in total. The quantitative estimate of drug-likeness (QED) is 0.593. The Kier molecular flexibility index (Phi) is 5.51. The first-order valence-corrected chi connectivity index (χ1v) is 6.04. The van der Waals surface area contributed by atoms with E-state index < -0.39 is 17.7 Å². The Bertz CT molecular complexity index is 331. The average Bonchev–Trinajstić information content (AvgIpc) is 2.33. The zero-order valence-electron chi connectivity index (χ0n) is 10.3. The van der Waals surface area contributed by atoms with Crippen molar-refractivity contribution in [2.45, 2.75) is 39.2 Å². The van der Waals surface area contributed by atoms with Gasteiger partial charge < -0.3 is 0 Å². The number of benzene rings is 1. The summed E-state index contributed by atoms with van der Waals surface area (Å²) < 4.78 is 27.2. The molecule has 2 nitrogen and oxygen atoms in total. The van der Waals surface area contributed by atoms with Gasteiger partial charge in [-0.3, -0.25) is 11.3 Å². The van der Waals surface area contributed by atoms with Gasteiger partial charge in [-0.1, -0.05) is 32.8 Å². The Morgan fingerprint density at radius 2 is 1.71 bits per heavy atom. The van der Waals surface area contributed by atoms with Gasteiger partial charge in [-0.2, -0.15) is 0 Å². The number of nitrogens with two attached hydrogens (primary N) is 1. The molecule has 0 aliphatic heterocycles. The van der Waals surface area contributed by atoms with Crippen LogP contribution < -0.4 is 11.3 Å². The maximum atomic E-state index is 13.6. The van der Waals surface area contributed by atoms with E-state index in [0.717, 1.165) is 12.8 Å². The molecule has 0 spiro atoms. The fourth-order valence-electron chi connectivity index (χ4n) is 2.07. The molecule has 0 amide bonds. The molecule has 1 atom stereocenters. The fourth-order valence-corrected chi connectivity index (χ4v) is 2.07. The zero-order valence-corrected chi connectivity index (χ0v) is 10.3. The average molecular weight is 242 g/mol. The molecule has 0 saturated carbocycles.